The van der Waals surface area contributed by atoms with Crippen LogP contribution in [0.5, 0.6) is 0 Å². The van der Waals surface area contributed by atoms with E-state index in [4.69, 9.17) is 11.6 Å². The maximum atomic E-state index is 13.5. The first-order valence-electron chi connectivity index (χ1n) is 12.8. The molecule has 1 heterocycles. The number of rotatable bonds is 11. The number of unbranched alkanes of at least 4 members (excludes halogenated alkanes) is 1. The molecular weight excluding hydrogens is 550 g/mol. The van der Waals surface area contributed by atoms with E-state index in [1.807, 2.05) is 37.3 Å². The molecule has 0 bridgehead atoms. The largest absolute Gasteiger partial charge is 0.326 e. The number of halogens is 1. The van der Waals surface area contributed by atoms with E-state index in [-0.39, 0.29) is 23.9 Å². The zero-order valence-corrected chi connectivity index (χ0v) is 23.7. The third kappa shape index (κ3) is 7.15. The topological polar surface area (TPSA) is 113 Å². The second kappa shape index (κ2) is 12.9. The van der Waals surface area contributed by atoms with Crippen molar-refractivity contribution < 1.29 is 18.0 Å². The third-order valence-electron chi connectivity index (χ3n) is 6.01. The van der Waals surface area contributed by atoms with Gasteiger partial charge in [0.2, 0.25) is 21.8 Å². The lowest BCUT2D eigenvalue weighted by Crippen LogP contribution is -2.38. The zero-order chi connectivity index (χ0) is 28.7. The van der Waals surface area contributed by atoms with Crippen LogP contribution in [0.1, 0.15) is 26.7 Å². The lowest BCUT2D eigenvalue weighted by molar-refractivity contribution is -0.116. The lowest BCUT2D eigenvalue weighted by atomic mass is 10.2. The Morgan fingerprint density at radius 3 is 2.25 bits per heavy atom. The standard InChI is InChI=1S/C29H30ClN5O4S/c1-3-4-18-34(40(38,39)26-16-12-24(13-17-26)31-21(2)36)20-29(37)32-28-19-27(22-8-6-5-7-9-22)33-35(28)25-14-10-23(30)11-15-25/h5-17,19H,3-4,18,20H2,1-2H3,(H,31,36)(H,32,37). The van der Waals surface area contributed by atoms with Crippen molar-refractivity contribution in [2.24, 2.45) is 0 Å². The van der Waals surface area contributed by atoms with Crippen LogP contribution in [0.25, 0.3) is 16.9 Å². The summed E-state index contributed by atoms with van der Waals surface area (Å²) >= 11 is 6.07. The van der Waals surface area contributed by atoms with Gasteiger partial charge in [-0.15, -0.1) is 0 Å². The van der Waals surface area contributed by atoms with Crippen molar-refractivity contribution in [1.29, 1.82) is 0 Å². The van der Waals surface area contributed by atoms with Gasteiger partial charge in [0.15, 0.2) is 0 Å². The normalized spacial score (nSPS) is 11.4. The van der Waals surface area contributed by atoms with E-state index < -0.39 is 15.9 Å². The highest BCUT2D eigenvalue weighted by atomic mass is 35.5. The number of carbonyl (C=O) groups is 2. The number of nitrogens with one attached hydrogen (secondary N) is 2. The molecule has 0 saturated heterocycles. The minimum absolute atomic E-state index is 0.0306. The van der Waals surface area contributed by atoms with Crippen molar-refractivity contribution in [3.05, 3.63) is 90.0 Å². The third-order valence-corrected chi connectivity index (χ3v) is 8.12. The smallest absolute Gasteiger partial charge is 0.243 e. The summed E-state index contributed by atoms with van der Waals surface area (Å²) < 4.78 is 29.7. The number of hydrogen-bond acceptors (Lipinski definition) is 5. The minimum atomic E-state index is -3.99. The number of sulfonamides is 1. The van der Waals surface area contributed by atoms with Gasteiger partial charge >= 0.3 is 0 Å². The van der Waals surface area contributed by atoms with E-state index in [1.165, 1.54) is 35.5 Å². The molecule has 0 fully saturated rings. The fourth-order valence-electron chi connectivity index (χ4n) is 4.02. The predicted octanol–water partition coefficient (Wildman–Crippen LogP) is 5.58. The van der Waals surface area contributed by atoms with E-state index in [0.717, 1.165) is 12.0 Å². The van der Waals surface area contributed by atoms with Crippen LogP contribution in [0, 0.1) is 0 Å². The van der Waals surface area contributed by atoms with Gasteiger partial charge in [-0.3, -0.25) is 9.59 Å². The van der Waals surface area contributed by atoms with Crippen LogP contribution in [0.15, 0.2) is 89.8 Å². The molecule has 0 radical (unpaired) electrons. The van der Waals surface area contributed by atoms with Gasteiger partial charge in [-0.2, -0.15) is 9.40 Å². The van der Waals surface area contributed by atoms with E-state index >= 15 is 0 Å². The summed E-state index contributed by atoms with van der Waals surface area (Å²) in [5, 5.41) is 10.7. The van der Waals surface area contributed by atoms with Crippen molar-refractivity contribution in [2.75, 3.05) is 23.7 Å². The van der Waals surface area contributed by atoms with Crippen molar-refractivity contribution in [1.82, 2.24) is 14.1 Å². The van der Waals surface area contributed by atoms with Gasteiger partial charge in [0.05, 0.1) is 22.8 Å². The average Bonchev–Trinajstić information content (AvgIpc) is 3.35. The fraction of sp³-hybridized carbons (Fsp3) is 0.207. The van der Waals surface area contributed by atoms with E-state index in [2.05, 4.69) is 15.7 Å². The molecule has 0 unspecified atom stereocenters. The number of nitrogens with zero attached hydrogens (tertiary/aromatic N) is 3. The molecule has 0 aliphatic carbocycles. The van der Waals surface area contributed by atoms with Crippen LogP contribution in [-0.2, 0) is 19.6 Å². The van der Waals surface area contributed by atoms with Crippen LogP contribution < -0.4 is 10.6 Å². The Hall–Kier alpha value is -3.99. The first-order chi connectivity index (χ1) is 19.2. The highest BCUT2D eigenvalue weighted by Crippen LogP contribution is 2.26. The molecule has 0 aliphatic rings. The molecule has 2 N–H and O–H groups in total. The summed E-state index contributed by atoms with van der Waals surface area (Å²) in [6, 6.07) is 24.1. The Kier molecular flexibility index (Phi) is 9.36. The monoisotopic (exact) mass is 579 g/mol. The SMILES string of the molecule is CCCCN(CC(=O)Nc1cc(-c2ccccc2)nn1-c1ccc(Cl)cc1)S(=O)(=O)c1ccc(NC(C)=O)cc1. The molecule has 2 amide bonds. The Bertz CT molecular complexity index is 1570. The van der Waals surface area contributed by atoms with Crippen molar-refractivity contribution in [3.63, 3.8) is 0 Å². The molecular formula is C29H30ClN5O4S. The van der Waals surface area contributed by atoms with Crippen LogP contribution in [-0.4, -0.2) is 47.4 Å². The molecule has 40 heavy (non-hydrogen) atoms. The molecule has 4 aromatic rings. The molecule has 3 aromatic carbocycles. The number of benzene rings is 3. The average molecular weight is 580 g/mol. The van der Waals surface area contributed by atoms with Crippen molar-refractivity contribution >= 4 is 44.9 Å². The Morgan fingerprint density at radius 1 is 0.950 bits per heavy atom. The second-order valence-electron chi connectivity index (χ2n) is 9.11. The molecule has 11 heteroatoms. The summed E-state index contributed by atoms with van der Waals surface area (Å²) in [4.78, 5) is 24.6. The van der Waals surface area contributed by atoms with Gasteiger partial charge < -0.3 is 10.6 Å². The minimum Gasteiger partial charge on any atom is -0.326 e. The quantitative estimate of drug-likeness (QED) is 0.241. The highest BCUT2D eigenvalue weighted by molar-refractivity contribution is 7.89. The maximum absolute atomic E-state index is 13.5. The zero-order valence-electron chi connectivity index (χ0n) is 22.2. The predicted molar refractivity (Wildman–Crippen MR) is 157 cm³/mol. The van der Waals surface area contributed by atoms with Crippen molar-refractivity contribution in [3.8, 4) is 16.9 Å². The number of hydrogen-bond donors (Lipinski definition) is 2. The highest BCUT2D eigenvalue weighted by Gasteiger charge is 2.27. The number of anilines is 2. The lowest BCUT2D eigenvalue weighted by Gasteiger charge is -2.22. The van der Waals surface area contributed by atoms with Crippen LogP contribution in [0.3, 0.4) is 0 Å². The van der Waals surface area contributed by atoms with E-state index in [1.54, 1.807) is 35.0 Å². The van der Waals surface area contributed by atoms with Crippen molar-refractivity contribution in [2.45, 2.75) is 31.6 Å². The Balaban J connectivity index is 1.60. The molecule has 208 valence electrons. The van der Waals surface area contributed by atoms with Crippen LogP contribution >= 0.6 is 11.6 Å². The summed E-state index contributed by atoms with van der Waals surface area (Å²) in [7, 11) is -3.99. The summed E-state index contributed by atoms with van der Waals surface area (Å²) in [5.41, 5.74) is 2.66. The molecule has 0 saturated carbocycles. The van der Waals surface area contributed by atoms with E-state index in [9.17, 15) is 18.0 Å². The molecule has 0 aliphatic heterocycles. The fourth-order valence-corrected chi connectivity index (χ4v) is 5.58. The summed E-state index contributed by atoms with van der Waals surface area (Å²) in [6.45, 7) is 3.11. The molecule has 0 spiro atoms. The molecule has 1 aromatic heterocycles. The molecule has 0 atom stereocenters. The number of carbonyl (C=O) groups excluding carboxylic acids is 2. The number of amides is 2. The van der Waals surface area contributed by atoms with Gasteiger partial charge in [-0.25, -0.2) is 13.1 Å². The second-order valence-corrected chi connectivity index (χ2v) is 11.5. The first-order valence-corrected chi connectivity index (χ1v) is 14.6. The van der Waals surface area contributed by atoms with Crippen LogP contribution in [0.4, 0.5) is 11.5 Å². The van der Waals surface area contributed by atoms with Gasteiger partial charge in [0.1, 0.15) is 5.82 Å². The van der Waals surface area contributed by atoms with Crippen LogP contribution in [0.2, 0.25) is 5.02 Å². The Morgan fingerprint density at radius 2 is 1.62 bits per heavy atom. The maximum Gasteiger partial charge on any atom is 0.243 e. The Labute approximate surface area is 238 Å². The van der Waals surface area contributed by atoms with Gasteiger partial charge in [0.25, 0.3) is 0 Å². The van der Waals surface area contributed by atoms with Gasteiger partial charge in [0, 0.05) is 35.8 Å². The van der Waals surface area contributed by atoms with Gasteiger partial charge in [-0.1, -0.05) is 55.3 Å². The first kappa shape index (κ1) is 29.0. The summed E-state index contributed by atoms with van der Waals surface area (Å²) in [6.07, 6.45) is 1.33. The molecule has 4 rings (SSSR count). The summed E-state index contributed by atoms with van der Waals surface area (Å²) in [5.74, 6) is -0.381. The van der Waals surface area contributed by atoms with E-state index in [0.29, 0.717) is 34.3 Å². The molecule has 9 nitrogen and oxygen atoms in total. The van der Waals surface area contributed by atoms with Gasteiger partial charge in [-0.05, 0) is 55.0 Å². The number of aromatic nitrogens is 2.